The van der Waals surface area contributed by atoms with Crippen LogP contribution in [0.3, 0.4) is 0 Å². The number of allylic oxidation sites excluding steroid dienone is 2. The SMILES string of the molecule is COc1c(C)c2c(c(O)c1CC=C(C)CCC(=O)Nc1ccc3c(c1)ncn3C)C(=O)OC2. The van der Waals surface area contributed by atoms with Gasteiger partial charge in [0.15, 0.2) is 0 Å². The average molecular weight is 450 g/mol. The first kappa shape index (κ1) is 22.4. The van der Waals surface area contributed by atoms with E-state index in [4.69, 9.17) is 9.47 Å². The lowest BCUT2D eigenvalue weighted by Crippen LogP contribution is -2.11. The topological polar surface area (TPSA) is 103 Å². The van der Waals surface area contributed by atoms with E-state index < -0.39 is 5.97 Å². The summed E-state index contributed by atoms with van der Waals surface area (Å²) < 4.78 is 12.5. The number of imidazole rings is 1. The molecule has 0 bridgehead atoms. The van der Waals surface area contributed by atoms with Gasteiger partial charge < -0.3 is 24.5 Å². The summed E-state index contributed by atoms with van der Waals surface area (Å²) in [7, 11) is 3.46. The van der Waals surface area contributed by atoms with Gasteiger partial charge in [-0.3, -0.25) is 4.79 Å². The first-order valence-electron chi connectivity index (χ1n) is 10.7. The van der Waals surface area contributed by atoms with E-state index >= 15 is 0 Å². The van der Waals surface area contributed by atoms with Gasteiger partial charge in [0.1, 0.15) is 23.7 Å². The van der Waals surface area contributed by atoms with Gasteiger partial charge in [-0.25, -0.2) is 9.78 Å². The molecule has 1 aliphatic rings. The van der Waals surface area contributed by atoms with Crippen LogP contribution >= 0.6 is 0 Å². The zero-order valence-electron chi connectivity index (χ0n) is 19.2. The van der Waals surface area contributed by atoms with Crippen molar-refractivity contribution < 1.29 is 24.2 Å². The Bertz CT molecular complexity index is 1290. The van der Waals surface area contributed by atoms with Crippen molar-refractivity contribution in [3.05, 3.63) is 58.4 Å². The van der Waals surface area contributed by atoms with Gasteiger partial charge in [0, 0.05) is 30.3 Å². The third kappa shape index (κ3) is 4.28. The van der Waals surface area contributed by atoms with Gasteiger partial charge in [-0.2, -0.15) is 0 Å². The molecule has 4 rings (SSSR count). The van der Waals surface area contributed by atoms with Crippen molar-refractivity contribution in [2.45, 2.75) is 39.7 Å². The molecule has 8 heteroatoms. The fourth-order valence-corrected chi connectivity index (χ4v) is 4.15. The van der Waals surface area contributed by atoms with E-state index in [1.54, 1.807) is 13.4 Å². The van der Waals surface area contributed by atoms with Crippen LogP contribution in [0.15, 0.2) is 36.2 Å². The van der Waals surface area contributed by atoms with Crippen LogP contribution < -0.4 is 10.1 Å². The number of carbonyl (C=O) groups excluding carboxylic acids is 2. The quantitative estimate of drug-likeness (QED) is 0.415. The molecule has 33 heavy (non-hydrogen) atoms. The maximum atomic E-state index is 12.4. The summed E-state index contributed by atoms with van der Waals surface area (Å²) in [5.41, 5.74) is 5.75. The fraction of sp³-hybridized carbons (Fsp3) is 0.320. The molecule has 0 saturated heterocycles. The second-order valence-corrected chi connectivity index (χ2v) is 8.28. The molecule has 0 fully saturated rings. The Morgan fingerprint density at radius 1 is 1.36 bits per heavy atom. The molecule has 2 heterocycles. The van der Waals surface area contributed by atoms with E-state index in [0.29, 0.717) is 41.8 Å². The second-order valence-electron chi connectivity index (χ2n) is 8.28. The van der Waals surface area contributed by atoms with E-state index in [1.807, 2.05) is 49.7 Å². The van der Waals surface area contributed by atoms with E-state index in [9.17, 15) is 14.7 Å². The van der Waals surface area contributed by atoms with Gasteiger partial charge in [-0.1, -0.05) is 11.6 Å². The largest absolute Gasteiger partial charge is 0.507 e. The monoisotopic (exact) mass is 449 g/mol. The molecule has 0 spiro atoms. The summed E-state index contributed by atoms with van der Waals surface area (Å²) in [5.74, 6) is -0.150. The highest BCUT2D eigenvalue weighted by molar-refractivity contribution is 5.98. The van der Waals surface area contributed by atoms with Gasteiger partial charge in [-0.05, 0) is 50.5 Å². The van der Waals surface area contributed by atoms with E-state index in [1.165, 1.54) is 0 Å². The summed E-state index contributed by atoms with van der Waals surface area (Å²) in [4.78, 5) is 28.8. The number of anilines is 1. The Balaban J connectivity index is 1.41. The van der Waals surface area contributed by atoms with Crippen LogP contribution in [0.4, 0.5) is 5.69 Å². The minimum atomic E-state index is -0.518. The molecule has 1 aliphatic heterocycles. The minimum Gasteiger partial charge on any atom is -0.507 e. The lowest BCUT2D eigenvalue weighted by molar-refractivity contribution is -0.116. The lowest BCUT2D eigenvalue weighted by atomic mass is 9.94. The summed E-state index contributed by atoms with van der Waals surface area (Å²) in [5, 5.41) is 13.6. The molecule has 1 aromatic heterocycles. The zero-order chi connectivity index (χ0) is 23.7. The van der Waals surface area contributed by atoms with Crippen LogP contribution in [-0.4, -0.2) is 33.6 Å². The normalized spacial score (nSPS) is 13.2. The fourth-order valence-electron chi connectivity index (χ4n) is 4.15. The molecule has 0 saturated carbocycles. The Morgan fingerprint density at radius 3 is 2.91 bits per heavy atom. The van der Waals surface area contributed by atoms with Crippen LogP contribution in [0.5, 0.6) is 11.5 Å². The number of phenols is 1. The van der Waals surface area contributed by atoms with E-state index in [0.717, 1.165) is 22.2 Å². The van der Waals surface area contributed by atoms with E-state index in [2.05, 4.69) is 10.3 Å². The highest BCUT2D eigenvalue weighted by Crippen LogP contribution is 2.42. The van der Waals surface area contributed by atoms with Crippen molar-refractivity contribution in [3.63, 3.8) is 0 Å². The molecule has 2 aromatic carbocycles. The molecule has 0 unspecified atom stereocenters. The maximum Gasteiger partial charge on any atom is 0.342 e. The number of aromatic hydroxyl groups is 1. The first-order valence-corrected chi connectivity index (χ1v) is 10.7. The number of benzene rings is 2. The van der Waals surface area contributed by atoms with Crippen LogP contribution in [0.25, 0.3) is 11.0 Å². The number of amides is 1. The summed E-state index contributed by atoms with van der Waals surface area (Å²) in [6, 6.07) is 5.64. The summed E-state index contributed by atoms with van der Waals surface area (Å²) in [6.45, 7) is 3.93. The number of ether oxygens (including phenoxy) is 2. The number of methoxy groups -OCH3 is 1. The van der Waals surface area contributed by atoms with Gasteiger partial charge in [0.25, 0.3) is 0 Å². The van der Waals surface area contributed by atoms with Crippen molar-refractivity contribution >= 4 is 28.6 Å². The third-order valence-corrected chi connectivity index (χ3v) is 6.06. The van der Waals surface area contributed by atoms with Gasteiger partial charge >= 0.3 is 5.97 Å². The van der Waals surface area contributed by atoms with Crippen molar-refractivity contribution in [2.24, 2.45) is 7.05 Å². The molecule has 2 N–H and O–H groups in total. The summed E-state index contributed by atoms with van der Waals surface area (Å²) in [6.07, 6.45) is 4.94. The summed E-state index contributed by atoms with van der Waals surface area (Å²) >= 11 is 0. The molecule has 1 amide bonds. The number of nitrogens with zero attached hydrogens (tertiary/aromatic N) is 2. The smallest absolute Gasteiger partial charge is 0.342 e. The minimum absolute atomic E-state index is 0.0884. The maximum absolute atomic E-state index is 12.4. The van der Waals surface area contributed by atoms with Crippen LogP contribution in [-0.2, 0) is 29.6 Å². The lowest BCUT2D eigenvalue weighted by Gasteiger charge is -2.15. The number of fused-ring (bicyclic) bond motifs is 2. The molecule has 3 aromatic rings. The molecular weight excluding hydrogens is 422 g/mol. The molecule has 172 valence electrons. The highest BCUT2D eigenvalue weighted by atomic mass is 16.5. The Hall–Kier alpha value is -3.81. The van der Waals surface area contributed by atoms with Crippen molar-refractivity contribution in [1.29, 1.82) is 0 Å². The first-order chi connectivity index (χ1) is 15.8. The van der Waals surface area contributed by atoms with Crippen LogP contribution in [0, 0.1) is 6.92 Å². The van der Waals surface area contributed by atoms with Crippen molar-refractivity contribution in [2.75, 3.05) is 12.4 Å². The van der Waals surface area contributed by atoms with Crippen molar-refractivity contribution in [3.8, 4) is 11.5 Å². The number of hydrogen-bond acceptors (Lipinski definition) is 6. The predicted octanol–water partition coefficient (Wildman–Crippen LogP) is 4.17. The number of cyclic esters (lactones) is 1. The number of rotatable bonds is 7. The molecule has 0 radical (unpaired) electrons. The van der Waals surface area contributed by atoms with Gasteiger partial charge in [0.2, 0.25) is 5.91 Å². The van der Waals surface area contributed by atoms with Gasteiger partial charge in [0.05, 0.1) is 24.5 Å². The van der Waals surface area contributed by atoms with Crippen LogP contribution in [0.1, 0.15) is 46.8 Å². The van der Waals surface area contributed by atoms with Gasteiger partial charge in [-0.15, -0.1) is 0 Å². The van der Waals surface area contributed by atoms with Crippen LogP contribution in [0.2, 0.25) is 0 Å². The van der Waals surface area contributed by atoms with Crippen molar-refractivity contribution in [1.82, 2.24) is 9.55 Å². The Morgan fingerprint density at radius 2 is 2.15 bits per heavy atom. The average Bonchev–Trinajstić information content (AvgIpc) is 3.36. The number of hydrogen-bond donors (Lipinski definition) is 2. The molecule has 0 aliphatic carbocycles. The third-order valence-electron chi connectivity index (χ3n) is 6.06. The standard InChI is InChI=1S/C25H27N3O5/c1-14(6-10-21(29)27-16-7-9-20-19(11-16)26-13-28(20)3)5-8-17-23(30)22-18(12-33-25(22)31)15(2)24(17)32-4/h5,7,9,11,13,30H,6,8,10,12H2,1-4H3,(H,27,29). The number of nitrogens with one attached hydrogen (secondary N) is 1. The predicted molar refractivity (Wildman–Crippen MR) is 125 cm³/mol. The molecular formula is C25H27N3O5. The van der Waals surface area contributed by atoms with E-state index in [-0.39, 0.29) is 23.8 Å². The Labute approximate surface area is 191 Å². The molecule has 0 atom stereocenters. The number of phenolic OH excluding ortho intramolecular Hbond substituents is 1. The number of esters is 1. The number of aryl methyl sites for hydroxylation is 1. The zero-order valence-corrected chi connectivity index (χ0v) is 19.2. The number of aromatic nitrogens is 2. The Kier molecular flexibility index (Phi) is 6.09. The second kappa shape index (κ2) is 8.97. The number of carbonyl (C=O) groups is 2. The molecule has 8 nitrogen and oxygen atoms in total. The highest BCUT2D eigenvalue weighted by Gasteiger charge is 2.31.